The third-order valence-electron chi connectivity index (χ3n) is 2.36. The molecule has 1 fully saturated rings. The Kier molecular flexibility index (Phi) is 3.19. The monoisotopic (exact) mass is 216 g/mol. The zero-order valence-electron chi connectivity index (χ0n) is 7.45. The Morgan fingerprint density at radius 2 is 2.31 bits per heavy atom. The molecule has 0 atom stereocenters. The summed E-state index contributed by atoms with van der Waals surface area (Å²) in [5.74, 6) is 0. The fraction of sp³-hybridized carbons (Fsp3) is 0.667. The second-order valence-corrected chi connectivity index (χ2v) is 4.97. The highest BCUT2D eigenvalue weighted by atomic mass is 35.5. The molecule has 0 aliphatic carbocycles. The van der Waals surface area contributed by atoms with E-state index >= 15 is 0 Å². The van der Waals surface area contributed by atoms with Crippen LogP contribution in [-0.2, 0) is 6.54 Å². The van der Waals surface area contributed by atoms with Crippen molar-refractivity contribution in [2.24, 2.45) is 0 Å². The normalized spacial score (nSPS) is 20.7. The minimum Gasteiger partial charge on any atom is -0.297 e. The van der Waals surface area contributed by atoms with Gasteiger partial charge in [0.05, 0.1) is 6.54 Å². The fourth-order valence-corrected chi connectivity index (χ4v) is 2.43. The predicted octanol–water partition coefficient (Wildman–Crippen LogP) is 2.35. The summed E-state index contributed by atoms with van der Waals surface area (Å²) >= 11 is 7.76. The minimum atomic E-state index is 0.396. The van der Waals surface area contributed by atoms with E-state index in [4.69, 9.17) is 11.6 Å². The van der Waals surface area contributed by atoms with Gasteiger partial charge in [-0.2, -0.15) is 0 Å². The van der Waals surface area contributed by atoms with Crippen molar-refractivity contribution >= 4 is 22.9 Å². The van der Waals surface area contributed by atoms with Crippen LogP contribution in [0.15, 0.2) is 11.6 Å². The molecule has 13 heavy (non-hydrogen) atoms. The van der Waals surface area contributed by atoms with Crippen LogP contribution in [0.2, 0.25) is 0 Å². The van der Waals surface area contributed by atoms with Crippen molar-refractivity contribution in [1.29, 1.82) is 0 Å². The number of piperidine rings is 1. The molecule has 0 aromatic carbocycles. The van der Waals surface area contributed by atoms with Crippen LogP contribution >= 0.6 is 22.9 Å². The molecular weight excluding hydrogens is 204 g/mol. The highest BCUT2D eigenvalue weighted by Gasteiger charge is 2.17. The molecule has 1 aromatic heterocycles. The summed E-state index contributed by atoms with van der Waals surface area (Å²) in [4.78, 5) is 6.70. The number of hydrogen-bond donors (Lipinski definition) is 0. The molecule has 0 saturated carbocycles. The molecule has 4 heteroatoms. The van der Waals surface area contributed by atoms with Crippen LogP contribution in [-0.4, -0.2) is 28.4 Å². The maximum atomic E-state index is 6.02. The molecule has 1 aliphatic heterocycles. The highest BCUT2D eigenvalue weighted by molar-refractivity contribution is 7.09. The average molecular weight is 217 g/mol. The zero-order valence-corrected chi connectivity index (χ0v) is 9.02. The third kappa shape index (κ3) is 2.66. The summed E-state index contributed by atoms with van der Waals surface area (Å²) in [6.45, 7) is 3.24. The van der Waals surface area contributed by atoms with Gasteiger partial charge in [0.25, 0.3) is 0 Å². The van der Waals surface area contributed by atoms with Gasteiger partial charge in [-0.1, -0.05) is 0 Å². The molecule has 1 aliphatic rings. The largest absolute Gasteiger partial charge is 0.297 e. The van der Waals surface area contributed by atoms with Crippen molar-refractivity contribution in [3.63, 3.8) is 0 Å². The van der Waals surface area contributed by atoms with Gasteiger partial charge in [0.1, 0.15) is 5.01 Å². The Labute approximate surface area is 87.5 Å². The number of nitrogens with zero attached hydrogens (tertiary/aromatic N) is 2. The van der Waals surface area contributed by atoms with Gasteiger partial charge in [-0.15, -0.1) is 22.9 Å². The van der Waals surface area contributed by atoms with E-state index in [0.29, 0.717) is 5.38 Å². The second kappa shape index (κ2) is 4.40. The van der Waals surface area contributed by atoms with Crippen LogP contribution in [0.1, 0.15) is 17.8 Å². The van der Waals surface area contributed by atoms with Crippen LogP contribution in [0, 0.1) is 0 Å². The highest BCUT2D eigenvalue weighted by Crippen LogP contribution is 2.18. The number of thiazole rings is 1. The first kappa shape index (κ1) is 9.44. The number of aromatic nitrogens is 1. The maximum absolute atomic E-state index is 6.02. The molecule has 72 valence electrons. The summed E-state index contributed by atoms with van der Waals surface area (Å²) < 4.78 is 0. The van der Waals surface area contributed by atoms with Crippen molar-refractivity contribution < 1.29 is 0 Å². The summed E-state index contributed by atoms with van der Waals surface area (Å²) in [5.41, 5.74) is 0. The van der Waals surface area contributed by atoms with Gasteiger partial charge in [-0.3, -0.25) is 4.90 Å². The van der Waals surface area contributed by atoms with Gasteiger partial charge >= 0.3 is 0 Å². The Morgan fingerprint density at radius 1 is 1.54 bits per heavy atom. The van der Waals surface area contributed by atoms with E-state index in [1.807, 2.05) is 11.6 Å². The Balaban J connectivity index is 1.83. The molecule has 2 rings (SSSR count). The molecule has 0 unspecified atom stereocenters. The number of rotatable bonds is 2. The van der Waals surface area contributed by atoms with Gasteiger partial charge in [0.2, 0.25) is 0 Å². The molecule has 2 nitrogen and oxygen atoms in total. The molecule has 0 bridgehead atoms. The van der Waals surface area contributed by atoms with E-state index in [-0.39, 0.29) is 0 Å². The standard InChI is InChI=1S/C9H13ClN2S/c10-8-1-4-12(5-2-8)7-9-11-3-6-13-9/h3,6,8H,1-2,4-5,7H2. The molecule has 0 spiro atoms. The maximum Gasteiger partial charge on any atom is 0.107 e. The van der Waals surface area contributed by atoms with E-state index in [1.165, 1.54) is 5.01 Å². The van der Waals surface area contributed by atoms with E-state index in [2.05, 4.69) is 9.88 Å². The van der Waals surface area contributed by atoms with Crippen LogP contribution in [0.3, 0.4) is 0 Å². The first-order valence-electron chi connectivity index (χ1n) is 4.59. The van der Waals surface area contributed by atoms with Crippen LogP contribution < -0.4 is 0 Å². The van der Waals surface area contributed by atoms with Gasteiger partial charge in [-0.05, 0) is 25.9 Å². The summed E-state index contributed by atoms with van der Waals surface area (Å²) in [6.07, 6.45) is 4.11. The van der Waals surface area contributed by atoms with Crippen molar-refractivity contribution in [2.75, 3.05) is 13.1 Å². The van der Waals surface area contributed by atoms with Gasteiger partial charge in [0.15, 0.2) is 0 Å². The quantitative estimate of drug-likeness (QED) is 0.706. The lowest BCUT2D eigenvalue weighted by atomic mass is 10.1. The Bertz CT molecular complexity index is 242. The van der Waals surface area contributed by atoms with Crippen molar-refractivity contribution in [2.45, 2.75) is 24.8 Å². The van der Waals surface area contributed by atoms with Crippen molar-refractivity contribution in [3.05, 3.63) is 16.6 Å². The Hall–Kier alpha value is -0.120. The Morgan fingerprint density at radius 3 is 2.92 bits per heavy atom. The lowest BCUT2D eigenvalue weighted by molar-refractivity contribution is 0.223. The number of halogens is 1. The SMILES string of the molecule is ClC1CCN(Cc2nccs2)CC1. The van der Waals surface area contributed by atoms with Crippen molar-refractivity contribution in [1.82, 2.24) is 9.88 Å². The topological polar surface area (TPSA) is 16.1 Å². The first-order valence-corrected chi connectivity index (χ1v) is 5.91. The summed E-state index contributed by atoms with van der Waals surface area (Å²) in [7, 11) is 0. The van der Waals surface area contributed by atoms with E-state index in [0.717, 1.165) is 32.5 Å². The van der Waals surface area contributed by atoms with Crippen LogP contribution in [0.5, 0.6) is 0 Å². The van der Waals surface area contributed by atoms with Crippen LogP contribution in [0.4, 0.5) is 0 Å². The van der Waals surface area contributed by atoms with Gasteiger partial charge in [0, 0.05) is 17.0 Å². The van der Waals surface area contributed by atoms with E-state index in [1.54, 1.807) is 11.3 Å². The van der Waals surface area contributed by atoms with E-state index in [9.17, 15) is 0 Å². The molecule has 0 N–H and O–H groups in total. The van der Waals surface area contributed by atoms with Crippen LogP contribution in [0.25, 0.3) is 0 Å². The summed E-state index contributed by atoms with van der Waals surface area (Å²) in [6, 6.07) is 0. The minimum absolute atomic E-state index is 0.396. The summed E-state index contributed by atoms with van der Waals surface area (Å²) in [5, 5.41) is 3.64. The lowest BCUT2D eigenvalue weighted by Crippen LogP contribution is -2.33. The lowest BCUT2D eigenvalue weighted by Gasteiger charge is -2.28. The number of hydrogen-bond acceptors (Lipinski definition) is 3. The molecular formula is C9H13ClN2S. The molecule has 0 amide bonds. The molecule has 0 radical (unpaired) electrons. The average Bonchev–Trinajstić information content (AvgIpc) is 2.62. The first-order chi connectivity index (χ1) is 6.34. The van der Waals surface area contributed by atoms with E-state index < -0.39 is 0 Å². The fourth-order valence-electron chi connectivity index (χ4n) is 1.58. The number of likely N-dealkylation sites (tertiary alicyclic amines) is 1. The number of alkyl halides is 1. The molecule has 2 heterocycles. The smallest absolute Gasteiger partial charge is 0.107 e. The van der Waals surface area contributed by atoms with Gasteiger partial charge in [-0.25, -0.2) is 4.98 Å². The third-order valence-corrected chi connectivity index (χ3v) is 3.56. The second-order valence-electron chi connectivity index (χ2n) is 3.38. The van der Waals surface area contributed by atoms with Crippen molar-refractivity contribution in [3.8, 4) is 0 Å². The molecule has 1 aromatic rings. The predicted molar refractivity (Wildman–Crippen MR) is 56.3 cm³/mol. The van der Waals surface area contributed by atoms with Gasteiger partial charge < -0.3 is 0 Å². The molecule has 1 saturated heterocycles. The zero-order chi connectivity index (χ0) is 9.10.